The molecule has 0 saturated heterocycles. The lowest BCUT2D eigenvalue weighted by molar-refractivity contribution is 0.420. The van der Waals surface area contributed by atoms with Gasteiger partial charge in [-0.1, -0.05) is 108 Å². The zero-order valence-corrected chi connectivity index (χ0v) is 17.8. The molecule has 1 heteroatoms. The molecule has 1 nitrogen and oxygen atoms in total. The van der Waals surface area contributed by atoms with Gasteiger partial charge < -0.3 is 5.32 Å². The maximum atomic E-state index is 3.75. The lowest BCUT2D eigenvalue weighted by atomic mass is 9.94. The Morgan fingerprint density at radius 1 is 0.667 bits per heavy atom. The van der Waals surface area contributed by atoms with Gasteiger partial charge in [-0.25, -0.2) is 0 Å². The van der Waals surface area contributed by atoms with Crippen LogP contribution in [0.15, 0.2) is 42.5 Å². The lowest BCUT2D eigenvalue weighted by Crippen LogP contribution is -2.14. The van der Waals surface area contributed by atoms with Gasteiger partial charge >= 0.3 is 0 Å². The van der Waals surface area contributed by atoms with Gasteiger partial charge in [0.1, 0.15) is 0 Å². The minimum atomic E-state index is 0.821. The van der Waals surface area contributed by atoms with Crippen molar-refractivity contribution in [2.75, 3.05) is 11.9 Å². The molecule has 0 heterocycles. The monoisotopic (exact) mass is 367 g/mol. The van der Waals surface area contributed by atoms with Crippen LogP contribution in [0.25, 0.3) is 11.1 Å². The molecule has 150 valence electrons. The van der Waals surface area contributed by atoms with E-state index in [1.807, 2.05) is 0 Å². The number of nitrogens with one attached hydrogen (secondary N) is 1. The van der Waals surface area contributed by atoms with Crippen molar-refractivity contribution in [2.24, 2.45) is 5.92 Å². The molecule has 0 aliphatic heterocycles. The Balaban J connectivity index is 1.79. The first-order chi connectivity index (χ1) is 13.3. The quantitative estimate of drug-likeness (QED) is 0.311. The molecule has 0 bridgehead atoms. The van der Waals surface area contributed by atoms with Crippen molar-refractivity contribution in [1.82, 2.24) is 0 Å². The third kappa shape index (κ3) is 8.82. The van der Waals surface area contributed by atoms with Crippen molar-refractivity contribution in [3.63, 3.8) is 0 Å². The van der Waals surface area contributed by atoms with Crippen molar-refractivity contribution >= 4 is 5.69 Å². The Hall–Kier alpha value is -1.50. The summed E-state index contributed by atoms with van der Waals surface area (Å²) in [4.78, 5) is 0. The van der Waals surface area contributed by atoms with Crippen LogP contribution in [0.4, 0.5) is 5.69 Å². The van der Waals surface area contributed by atoms with Crippen LogP contribution in [-0.4, -0.2) is 6.54 Å². The standard InChI is InChI=1S/C26H41N/c1-3-5-7-9-10-13-17-23(16-12-8-6-4-2)22-27-26-20-24-18-14-11-15-19-25(24)21-26/h11,14-15,18-21,23,27H,3-10,12-13,16-17,22H2,1-2H3. The topological polar surface area (TPSA) is 12.0 Å². The van der Waals surface area contributed by atoms with E-state index in [-0.39, 0.29) is 0 Å². The maximum absolute atomic E-state index is 3.75. The summed E-state index contributed by atoms with van der Waals surface area (Å²) in [5.41, 5.74) is 3.95. The average Bonchev–Trinajstić information content (AvgIpc) is 2.94. The fraction of sp³-hybridized carbons (Fsp3) is 0.615. The molecule has 0 aromatic carbocycles. The Morgan fingerprint density at radius 3 is 1.78 bits per heavy atom. The molecule has 27 heavy (non-hydrogen) atoms. The second kappa shape index (κ2) is 13.6. The molecule has 0 aromatic heterocycles. The first-order valence-corrected chi connectivity index (χ1v) is 11.6. The van der Waals surface area contributed by atoms with Gasteiger partial charge in [0.15, 0.2) is 0 Å². The molecular formula is C26H41N. The number of hydrogen-bond donors (Lipinski definition) is 1. The lowest BCUT2D eigenvalue weighted by Gasteiger charge is -2.18. The smallest absolute Gasteiger partial charge is 0.0352 e. The molecule has 0 fully saturated rings. The van der Waals surface area contributed by atoms with Gasteiger partial charge in [0.05, 0.1) is 0 Å². The van der Waals surface area contributed by atoms with E-state index in [1.165, 1.54) is 93.9 Å². The Labute approximate surface area is 168 Å². The summed E-state index contributed by atoms with van der Waals surface area (Å²) < 4.78 is 0. The van der Waals surface area contributed by atoms with Gasteiger partial charge in [-0.05, 0) is 42.0 Å². The third-order valence-corrected chi connectivity index (χ3v) is 5.76. The predicted octanol–water partition coefficient (Wildman–Crippen LogP) is 8.54. The molecule has 2 aliphatic carbocycles. The van der Waals surface area contributed by atoms with Gasteiger partial charge in [-0.3, -0.25) is 0 Å². The summed E-state index contributed by atoms with van der Waals surface area (Å²) in [7, 11) is 0. The van der Waals surface area contributed by atoms with Crippen LogP contribution in [0.2, 0.25) is 0 Å². The van der Waals surface area contributed by atoms with Crippen LogP contribution in [0.3, 0.4) is 0 Å². The molecule has 0 amide bonds. The Morgan fingerprint density at radius 2 is 1.19 bits per heavy atom. The second-order valence-corrected chi connectivity index (χ2v) is 8.22. The van der Waals surface area contributed by atoms with Gasteiger partial charge in [0, 0.05) is 12.2 Å². The third-order valence-electron chi connectivity index (χ3n) is 5.76. The summed E-state index contributed by atoms with van der Waals surface area (Å²) >= 11 is 0. The zero-order valence-electron chi connectivity index (χ0n) is 17.8. The summed E-state index contributed by atoms with van der Waals surface area (Å²) in [5, 5.41) is 3.75. The van der Waals surface area contributed by atoms with Crippen LogP contribution < -0.4 is 5.32 Å². The highest BCUT2D eigenvalue weighted by molar-refractivity contribution is 5.74. The van der Waals surface area contributed by atoms with Gasteiger partial charge in [0.2, 0.25) is 0 Å². The number of rotatable bonds is 15. The van der Waals surface area contributed by atoms with E-state index < -0.39 is 0 Å². The first-order valence-electron chi connectivity index (χ1n) is 11.6. The van der Waals surface area contributed by atoms with Crippen LogP contribution >= 0.6 is 0 Å². The molecule has 1 unspecified atom stereocenters. The van der Waals surface area contributed by atoms with Crippen molar-refractivity contribution in [2.45, 2.75) is 90.9 Å². The molecular weight excluding hydrogens is 326 g/mol. The second-order valence-electron chi connectivity index (χ2n) is 8.22. The molecule has 2 aliphatic rings. The van der Waals surface area contributed by atoms with Crippen LogP contribution in [0.5, 0.6) is 0 Å². The summed E-state index contributed by atoms with van der Waals surface area (Å²) in [6.07, 6.45) is 16.7. The molecule has 2 rings (SSSR count). The number of hydrogen-bond acceptors (Lipinski definition) is 1. The molecule has 0 radical (unpaired) electrons. The van der Waals surface area contributed by atoms with Gasteiger partial charge in [0.25, 0.3) is 0 Å². The summed E-state index contributed by atoms with van der Waals surface area (Å²) in [6.45, 7) is 5.73. The van der Waals surface area contributed by atoms with Crippen molar-refractivity contribution in [1.29, 1.82) is 0 Å². The van der Waals surface area contributed by atoms with Gasteiger partial charge in [-0.2, -0.15) is 0 Å². The van der Waals surface area contributed by atoms with Crippen LogP contribution in [0.1, 0.15) is 90.9 Å². The Bertz CT molecular complexity index is 546. The molecule has 1 atom stereocenters. The first kappa shape index (κ1) is 21.8. The fourth-order valence-electron chi connectivity index (χ4n) is 4.00. The minimum Gasteiger partial charge on any atom is -0.385 e. The summed E-state index contributed by atoms with van der Waals surface area (Å²) in [6, 6.07) is 15.4. The van der Waals surface area contributed by atoms with E-state index in [1.54, 1.807) is 0 Å². The van der Waals surface area contributed by atoms with Gasteiger partial charge in [-0.15, -0.1) is 0 Å². The van der Waals surface area contributed by atoms with E-state index >= 15 is 0 Å². The van der Waals surface area contributed by atoms with Crippen molar-refractivity contribution in [3.05, 3.63) is 42.5 Å². The summed E-state index contributed by atoms with van der Waals surface area (Å²) in [5.74, 6) is 0.821. The highest BCUT2D eigenvalue weighted by Crippen LogP contribution is 2.29. The Kier molecular flexibility index (Phi) is 11.0. The van der Waals surface area contributed by atoms with E-state index in [0.717, 1.165) is 12.5 Å². The van der Waals surface area contributed by atoms with E-state index in [9.17, 15) is 0 Å². The molecule has 1 N–H and O–H groups in total. The highest BCUT2D eigenvalue weighted by Gasteiger charge is 2.10. The average molecular weight is 368 g/mol. The van der Waals surface area contributed by atoms with E-state index in [4.69, 9.17) is 0 Å². The molecule has 0 aromatic rings. The maximum Gasteiger partial charge on any atom is 0.0352 e. The SMILES string of the molecule is CCCCCCCCC(CCCCCC)CNc1cc2cccccc-2c1. The van der Waals surface area contributed by atoms with Crippen LogP contribution in [-0.2, 0) is 0 Å². The van der Waals surface area contributed by atoms with Crippen molar-refractivity contribution in [3.8, 4) is 11.1 Å². The zero-order chi connectivity index (χ0) is 19.2. The minimum absolute atomic E-state index is 0.821. The predicted molar refractivity (Wildman–Crippen MR) is 122 cm³/mol. The molecule has 0 spiro atoms. The van der Waals surface area contributed by atoms with E-state index in [0.29, 0.717) is 0 Å². The highest BCUT2D eigenvalue weighted by atomic mass is 14.9. The fourth-order valence-corrected chi connectivity index (χ4v) is 4.00. The number of anilines is 1. The largest absolute Gasteiger partial charge is 0.385 e. The number of unbranched alkanes of at least 4 members (excludes halogenated alkanes) is 8. The van der Waals surface area contributed by atoms with Crippen molar-refractivity contribution < 1.29 is 0 Å². The molecule has 0 saturated carbocycles. The van der Waals surface area contributed by atoms with Crippen LogP contribution in [0, 0.1) is 5.92 Å². The number of fused-ring (bicyclic) bond motifs is 1. The normalized spacial score (nSPS) is 12.4. The van der Waals surface area contributed by atoms with E-state index in [2.05, 4.69) is 61.6 Å².